The van der Waals surface area contributed by atoms with E-state index in [9.17, 15) is 9.59 Å². The zero-order valence-electron chi connectivity index (χ0n) is 12.1. The predicted octanol–water partition coefficient (Wildman–Crippen LogP) is 2.48. The van der Waals surface area contributed by atoms with Gasteiger partial charge in [0.25, 0.3) is 0 Å². The second kappa shape index (κ2) is 8.64. The molecule has 0 aromatic heterocycles. The summed E-state index contributed by atoms with van der Waals surface area (Å²) >= 11 is 1.48. The van der Waals surface area contributed by atoms with E-state index in [0.717, 1.165) is 4.90 Å². The van der Waals surface area contributed by atoms with Crippen LogP contribution < -0.4 is 5.32 Å². The van der Waals surface area contributed by atoms with E-state index in [4.69, 9.17) is 0 Å². The summed E-state index contributed by atoms with van der Waals surface area (Å²) in [6, 6.07) is 9.56. The van der Waals surface area contributed by atoms with E-state index in [1.807, 2.05) is 44.2 Å². The molecule has 1 unspecified atom stereocenters. The minimum atomic E-state index is -0.306. The molecule has 0 fully saturated rings. The molecule has 0 spiro atoms. The van der Waals surface area contributed by atoms with Crippen molar-refractivity contribution < 1.29 is 14.3 Å². The monoisotopic (exact) mass is 295 g/mol. The third kappa shape index (κ3) is 6.10. The number of hydrogen-bond donors (Lipinski definition) is 1. The normalized spacial score (nSPS) is 12.0. The standard InChI is InChI=1S/C15H21NO3S/c1-11(2)13(9-15(18)19-3)16-14(17)10-20-12-7-5-4-6-8-12/h4-8,11,13H,9-10H2,1-3H3,(H,16,17). The van der Waals surface area contributed by atoms with Crippen molar-refractivity contribution >= 4 is 23.6 Å². The number of carbonyl (C=O) groups excluding carboxylic acids is 2. The maximum atomic E-state index is 11.9. The van der Waals surface area contributed by atoms with Crippen molar-refractivity contribution in [3.05, 3.63) is 30.3 Å². The van der Waals surface area contributed by atoms with Gasteiger partial charge in [0.05, 0.1) is 19.3 Å². The summed E-state index contributed by atoms with van der Waals surface area (Å²) in [5, 5.41) is 2.89. The van der Waals surface area contributed by atoms with Gasteiger partial charge < -0.3 is 10.1 Å². The van der Waals surface area contributed by atoms with Crippen LogP contribution >= 0.6 is 11.8 Å². The van der Waals surface area contributed by atoms with E-state index < -0.39 is 0 Å². The topological polar surface area (TPSA) is 55.4 Å². The van der Waals surface area contributed by atoms with Crippen molar-refractivity contribution in [1.29, 1.82) is 0 Å². The maximum Gasteiger partial charge on any atom is 0.307 e. The lowest BCUT2D eigenvalue weighted by atomic mass is 10.0. The Morgan fingerprint density at radius 1 is 1.25 bits per heavy atom. The van der Waals surface area contributed by atoms with Crippen LogP contribution in [0.25, 0.3) is 0 Å². The average Bonchev–Trinajstić information content (AvgIpc) is 2.45. The number of ether oxygens (including phenoxy) is 1. The molecule has 0 aliphatic heterocycles. The minimum Gasteiger partial charge on any atom is -0.469 e. The molecular weight excluding hydrogens is 274 g/mol. The summed E-state index contributed by atoms with van der Waals surface area (Å²) in [4.78, 5) is 24.3. The van der Waals surface area contributed by atoms with Crippen molar-refractivity contribution in [1.82, 2.24) is 5.32 Å². The summed E-state index contributed by atoms with van der Waals surface area (Å²) < 4.78 is 4.65. The fourth-order valence-electron chi connectivity index (χ4n) is 1.63. The lowest BCUT2D eigenvalue weighted by Gasteiger charge is -2.21. The third-order valence-electron chi connectivity index (χ3n) is 2.88. The van der Waals surface area contributed by atoms with Crippen LogP contribution in [0.15, 0.2) is 35.2 Å². The molecule has 1 aromatic rings. The number of nitrogens with one attached hydrogen (secondary N) is 1. The van der Waals surface area contributed by atoms with Gasteiger partial charge in [-0.1, -0.05) is 32.0 Å². The molecule has 1 rings (SSSR count). The first kappa shape index (κ1) is 16.6. The van der Waals surface area contributed by atoms with E-state index in [-0.39, 0.29) is 30.3 Å². The SMILES string of the molecule is COC(=O)CC(NC(=O)CSc1ccccc1)C(C)C. The van der Waals surface area contributed by atoms with Gasteiger partial charge >= 0.3 is 5.97 Å². The minimum absolute atomic E-state index is 0.0681. The number of hydrogen-bond acceptors (Lipinski definition) is 4. The predicted molar refractivity (Wildman–Crippen MR) is 80.6 cm³/mol. The summed E-state index contributed by atoms with van der Waals surface area (Å²) in [5.74, 6) is 0.148. The molecule has 0 bridgehead atoms. The van der Waals surface area contributed by atoms with Gasteiger partial charge in [-0.2, -0.15) is 0 Å². The van der Waals surface area contributed by atoms with E-state index in [2.05, 4.69) is 10.1 Å². The molecule has 1 aromatic carbocycles. The van der Waals surface area contributed by atoms with Crippen molar-refractivity contribution in [2.75, 3.05) is 12.9 Å². The van der Waals surface area contributed by atoms with Crippen molar-refractivity contribution in [2.24, 2.45) is 5.92 Å². The van der Waals surface area contributed by atoms with E-state index in [1.165, 1.54) is 18.9 Å². The third-order valence-corrected chi connectivity index (χ3v) is 3.89. The highest BCUT2D eigenvalue weighted by Gasteiger charge is 2.20. The Morgan fingerprint density at radius 2 is 1.90 bits per heavy atom. The molecule has 4 nitrogen and oxygen atoms in total. The van der Waals surface area contributed by atoms with Gasteiger partial charge in [0, 0.05) is 10.9 Å². The zero-order valence-corrected chi connectivity index (χ0v) is 12.9. The van der Waals surface area contributed by atoms with Crippen molar-refractivity contribution in [3.8, 4) is 0 Å². The molecule has 5 heteroatoms. The Hall–Kier alpha value is -1.49. The van der Waals surface area contributed by atoms with Crippen LogP contribution in [0.5, 0.6) is 0 Å². The quantitative estimate of drug-likeness (QED) is 0.620. The van der Waals surface area contributed by atoms with Crippen LogP contribution in [0.2, 0.25) is 0 Å². The highest BCUT2D eigenvalue weighted by atomic mass is 32.2. The van der Waals surface area contributed by atoms with Gasteiger partial charge in [0.2, 0.25) is 5.91 Å². The molecule has 110 valence electrons. The van der Waals surface area contributed by atoms with Crippen LogP contribution in [-0.4, -0.2) is 30.8 Å². The van der Waals surface area contributed by atoms with Crippen molar-refractivity contribution in [3.63, 3.8) is 0 Å². The Balaban J connectivity index is 2.44. The van der Waals surface area contributed by atoms with Gasteiger partial charge in [-0.05, 0) is 18.1 Å². The molecule has 1 N–H and O–H groups in total. The van der Waals surface area contributed by atoms with Crippen molar-refractivity contribution in [2.45, 2.75) is 31.2 Å². The van der Waals surface area contributed by atoms with Crippen LogP contribution in [0.4, 0.5) is 0 Å². The summed E-state index contributed by atoms with van der Waals surface area (Å²) in [5.41, 5.74) is 0. The van der Waals surface area contributed by atoms with Gasteiger partial charge in [0.1, 0.15) is 0 Å². The van der Waals surface area contributed by atoms with Gasteiger partial charge in [-0.3, -0.25) is 9.59 Å². The average molecular weight is 295 g/mol. The molecule has 0 saturated heterocycles. The fourth-order valence-corrected chi connectivity index (χ4v) is 2.36. The van der Waals surface area contributed by atoms with E-state index in [1.54, 1.807) is 0 Å². The lowest BCUT2D eigenvalue weighted by Crippen LogP contribution is -2.41. The molecule has 0 saturated carbocycles. The molecule has 0 heterocycles. The van der Waals surface area contributed by atoms with Gasteiger partial charge in [-0.25, -0.2) is 0 Å². The van der Waals surface area contributed by atoms with E-state index >= 15 is 0 Å². The number of benzene rings is 1. The smallest absolute Gasteiger partial charge is 0.307 e. The van der Waals surface area contributed by atoms with Crippen LogP contribution in [-0.2, 0) is 14.3 Å². The number of esters is 1. The Labute approximate surface area is 124 Å². The number of amides is 1. The van der Waals surface area contributed by atoms with Crippen LogP contribution in [0, 0.1) is 5.92 Å². The van der Waals surface area contributed by atoms with Crippen LogP contribution in [0.3, 0.4) is 0 Å². The molecule has 0 radical (unpaired) electrons. The summed E-state index contributed by atoms with van der Waals surface area (Å²) in [7, 11) is 1.35. The second-order valence-electron chi connectivity index (χ2n) is 4.80. The molecular formula is C15H21NO3S. The zero-order chi connectivity index (χ0) is 15.0. The highest BCUT2D eigenvalue weighted by molar-refractivity contribution is 8.00. The number of carbonyl (C=O) groups is 2. The number of thioether (sulfide) groups is 1. The largest absolute Gasteiger partial charge is 0.469 e. The molecule has 1 amide bonds. The summed E-state index contributed by atoms with van der Waals surface area (Å²) in [6.45, 7) is 3.94. The number of rotatable bonds is 7. The summed E-state index contributed by atoms with van der Waals surface area (Å²) in [6.07, 6.45) is 0.204. The Bertz CT molecular complexity index is 434. The first-order chi connectivity index (χ1) is 9.52. The highest BCUT2D eigenvalue weighted by Crippen LogP contribution is 2.16. The maximum absolute atomic E-state index is 11.9. The van der Waals surface area contributed by atoms with Gasteiger partial charge in [-0.15, -0.1) is 11.8 Å². The second-order valence-corrected chi connectivity index (χ2v) is 5.85. The first-order valence-electron chi connectivity index (χ1n) is 6.57. The van der Waals surface area contributed by atoms with Crippen LogP contribution in [0.1, 0.15) is 20.3 Å². The lowest BCUT2D eigenvalue weighted by molar-refractivity contribution is -0.141. The Kier molecular flexibility index (Phi) is 7.15. The Morgan fingerprint density at radius 3 is 2.45 bits per heavy atom. The molecule has 20 heavy (non-hydrogen) atoms. The fraction of sp³-hybridized carbons (Fsp3) is 0.467. The number of methoxy groups -OCH3 is 1. The van der Waals surface area contributed by atoms with Gasteiger partial charge in [0.15, 0.2) is 0 Å². The molecule has 0 aliphatic carbocycles. The van der Waals surface area contributed by atoms with E-state index in [0.29, 0.717) is 5.75 Å². The first-order valence-corrected chi connectivity index (χ1v) is 7.55. The molecule has 0 aliphatic rings. The molecule has 1 atom stereocenters.